The van der Waals surface area contributed by atoms with Crippen LogP contribution in [0.3, 0.4) is 0 Å². The lowest BCUT2D eigenvalue weighted by atomic mass is 10.2. The van der Waals surface area contributed by atoms with Crippen LogP contribution in [0.5, 0.6) is 0 Å². The lowest BCUT2D eigenvalue weighted by Crippen LogP contribution is -2.34. The summed E-state index contributed by atoms with van der Waals surface area (Å²) in [5, 5.41) is 0.204. The van der Waals surface area contributed by atoms with Crippen molar-refractivity contribution in [1.82, 2.24) is 0 Å². The number of aliphatic imine (C=N–C) groups is 1. The van der Waals surface area contributed by atoms with Gasteiger partial charge in [-0.1, -0.05) is 53.2 Å². The van der Waals surface area contributed by atoms with E-state index in [1.807, 2.05) is 0 Å². The van der Waals surface area contributed by atoms with Gasteiger partial charge < -0.3 is 5.73 Å². The maximum atomic E-state index is 14.3. The summed E-state index contributed by atoms with van der Waals surface area (Å²) in [5.74, 6) is -1.70. The van der Waals surface area contributed by atoms with Crippen LogP contribution in [-0.4, -0.2) is 22.2 Å². The third-order valence-corrected chi connectivity index (χ3v) is 5.66. The fourth-order valence-corrected chi connectivity index (χ4v) is 3.57. The number of carbonyl (C=O) groups excluding carboxylic acids is 2. The topological polar surface area (TPSA) is 75.8 Å². The molecule has 1 heterocycles. The Kier molecular flexibility index (Phi) is 6.07. The molecule has 0 unspecified atom stereocenters. The molecule has 0 aliphatic carbocycles. The molecule has 2 aromatic rings. The number of nitrogens with two attached hydrogens (primary N) is 1. The van der Waals surface area contributed by atoms with Crippen LogP contribution in [0.2, 0.25) is 10.0 Å². The van der Waals surface area contributed by atoms with Crippen molar-refractivity contribution in [3.8, 4) is 0 Å². The fraction of sp³-hybridized carbons (Fsp3) is 0.105. The van der Waals surface area contributed by atoms with Crippen molar-refractivity contribution >= 4 is 63.7 Å². The number of halogens is 3. The smallest absolute Gasteiger partial charge is 0.283 e. The van der Waals surface area contributed by atoms with Crippen molar-refractivity contribution < 1.29 is 14.0 Å². The Labute approximate surface area is 175 Å². The molecule has 28 heavy (non-hydrogen) atoms. The predicted molar refractivity (Wildman–Crippen MR) is 112 cm³/mol. The van der Waals surface area contributed by atoms with Crippen LogP contribution in [0.1, 0.15) is 12.5 Å². The molecule has 2 N–H and O–H groups in total. The zero-order valence-corrected chi connectivity index (χ0v) is 16.9. The Balaban J connectivity index is 2.05. The van der Waals surface area contributed by atoms with Crippen molar-refractivity contribution in [2.75, 3.05) is 4.90 Å². The molecule has 0 aromatic heterocycles. The summed E-state index contributed by atoms with van der Waals surface area (Å²) in [6, 6.07) is 10.7. The van der Waals surface area contributed by atoms with Gasteiger partial charge in [0, 0.05) is 0 Å². The highest BCUT2D eigenvalue weighted by molar-refractivity contribution is 8.15. The maximum absolute atomic E-state index is 14.3. The Hall–Kier alpha value is -2.35. The maximum Gasteiger partial charge on any atom is 0.283 e. The Morgan fingerprint density at radius 2 is 1.96 bits per heavy atom. The third-order valence-electron chi connectivity index (χ3n) is 3.85. The second-order valence-electron chi connectivity index (χ2n) is 5.85. The molecular weight excluding hydrogens is 424 g/mol. The van der Waals surface area contributed by atoms with Gasteiger partial charge in [0.25, 0.3) is 5.91 Å². The van der Waals surface area contributed by atoms with E-state index in [9.17, 15) is 14.0 Å². The second kappa shape index (κ2) is 8.34. The average Bonchev–Trinajstić information content (AvgIpc) is 2.94. The lowest BCUT2D eigenvalue weighted by molar-refractivity contribution is -0.117. The summed E-state index contributed by atoms with van der Waals surface area (Å²) >= 11 is 12.9. The molecule has 1 atom stereocenters. The third kappa shape index (κ3) is 4.22. The van der Waals surface area contributed by atoms with E-state index in [0.29, 0.717) is 15.6 Å². The Morgan fingerprint density at radius 1 is 1.25 bits per heavy atom. The number of para-hydroxylation sites is 1. The highest BCUT2D eigenvalue weighted by Crippen LogP contribution is 2.33. The highest BCUT2D eigenvalue weighted by Gasteiger charge is 2.35. The van der Waals surface area contributed by atoms with Gasteiger partial charge in [-0.15, -0.1) is 0 Å². The second-order valence-corrected chi connectivity index (χ2v) is 7.97. The van der Waals surface area contributed by atoms with Gasteiger partial charge in [-0.3, -0.25) is 14.5 Å². The number of thioether (sulfide) groups is 1. The first-order chi connectivity index (χ1) is 13.3. The minimum atomic E-state index is -0.662. The molecule has 1 aliphatic rings. The van der Waals surface area contributed by atoms with E-state index in [1.165, 1.54) is 24.3 Å². The minimum Gasteiger partial charge on any atom is -0.369 e. The molecule has 144 valence electrons. The number of primary amides is 1. The standard InChI is InChI=1S/C19H14Cl2FN3O2S/c1-10(17(23)26)28-19-24-15(9-11-6-7-12(20)13(21)8-11)18(27)25(19)16-5-3-2-4-14(16)22/h2-10H,1H3,(H2,23,26)/b15-9+/t10-/m1/s1. The number of nitrogens with zero attached hydrogens (tertiary/aromatic N) is 2. The monoisotopic (exact) mass is 437 g/mol. The molecule has 0 radical (unpaired) electrons. The van der Waals surface area contributed by atoms with E-state index < -0.39 is 22.9 Å². The number of amides is 2. The van der Waals surface area contributed by atoms with Gasteiger partial charge in [0.2, 0.25) is 5.91 Å². The first kappa shape index (κ1) is 20.4. The Morgan fingerprint density at radius 3 is 2.61 bits per heavy atom. The van der Waals surface area contributed by atoms with Crippen LogP contribution in [0.4, 0.5) is 10.1 Å². The van der Waals surface area contributed by atoms with Gasteiger partial charge in [0.15, 0.2) is 5.17 Å². The van der Waals surface area contributed by atoms with Gasteiger partial charge in [0.1, 0.15) is 11.5 Å². The van der Waals surface area contributed by atoms with E-state index in [4.69, 9.17) is 28.9 Å². The molecule has 5 nitrogen and oxygen atoms in total. The highest BCUT2D eigenvalue weighted by atomic mass is 35.5. The normalized spacial score (nSPS) is 16.4. The number of hydrogen-bond acceptors (Lipinski definition) is 4. The summed E-state index contributed by atoms with van der Waals surface area (Å²) in [7, 11) is 0. The van der Waals surface area contributed by atoms with Crippen molar-refractivity contribution in [2.45, 2.75) is 12.2 Å². The average molecular weight is 438 g/mol. The van der Waals surface area contributed by atoms with Crippen molar-refractivity contribution in [3.63, 3.8) is 0 Å². The van der Waals surface area contributed by atoms with Crippen LogP contribution in [0, 0.1) is 5.82 Å². The summed E-state index contributed by atoms with van der Waals surface area (Å²) < 4.78 is 14.3. The van der Waals surface area contributed by atoms with Gasteiger partial charge >= 0.3 is 0 Å². The molecule has 0 saturated heterocycles. The zero-order valence-electron chi connectivity index (χ0n) is 14.5. The summed E-state index contributed by atoms with van der Waals surface area (Å²) in [6.45, 7) is 1.58. The van der Waals surface area contributed by atoms with Gasteiger partial charge in [-0.05, 0) is 42.8 Å². The summed E-state index contributed by atoms with van der Waals surface area (Å²) in [6.07, 6.45) is 1.51. The van der Waals surface area contributed by atoms with Crippen LogP contribution < -0.4 is 10.6 Å². The van der Waals surface area contributed by atoms with E-state index in [0.717, 1.165) is 16.7 Å². The quantitative estimate of drug-likeness (QED) is 0.716. The summed E-state index contributed by atoms with van der Waals surface area (Å²) in [5.41, 5.74) is 6.02. The van der Waals surface area contributed by atoms with Crippen LogP contribution >= 0.6 is 35.0 Å². The van der Waals surface area contributed by atoms with Gasteiger partial charge in [0.05, 0.1) is 21.0 Å². The van der Waals surface area contributed by atoms with Crippen molar-refractivity contribution in [1.29, 1.82) is 0 Å². The van der Waals surface area contributed by atoms with Crippen LogP contribution in [0.25, 0.3) is 6.08 Å². The zero-order chi connectivity index (χ0) is 20.4. The van der Waals surface area contributed by atoms with Crippen LogP contribution in [0.15, 0.2) is 53.2 Å². The fourth-order valence-electron chi connectivity index (χ4n) is 2.40. The van der Waals surface area contributed by atoms with Gasteiger partial charge in [-0.2, -0.15) is 0 Å². The Bertz CT molecular complexity index is 1030. The largest absolute Gasteiger partial charge is 0.369 e. The molecule has 0 bridgehead atoms. The SMILES string of the molecule is C[C@@H](SC1=N/C(=C/c2ccc(Cl)c(Cl)c2)C(=O)N1c1ccccc1F)C(N)=O. The molecule has 0 fully saturated rings. The molecule has 1 aliphatic heterocycles. The van der Waals surface area contributed by atoms with Gasteiger partial charge in [-0.25, -0.2) is 9.38 Å². The predicted octanol–water partition coefficient (Wildman–Crippen LogP) is 4.48. The number of anilines is 1. The van der Waals surface area contributed by atoms with E-state index >= 15 is 0 Å². The minimum absolute atomic E-state index is 0.0351. The molecular formula is C19H14Cl2FN3O2S. The lowest BCUT2D eigenvalue weighted by Gasteiger charge is -2.19. The molecule has 3 rings (SSSR count). The summed E-state index contributed by atoms with van der Waals surface area (Å²) in [4.78, 5) is 29.8. The first-order valence-electron chi connectivity index (χ1n) is 8.08. The molecule has 2 amide bonds. The molecule has 0 spiro atoms. The molecule has 9 heteroatoms. The number of amidine groups is 1. The van der Waals surface area contributed by atoms with E-state index in [1.54, 1.807) is 31.2 Å². The van der Waals surface area contributed by atoms with E-state index in [-0.39, 0.29) is 16.6 Å². The van der Waals surface area contributed by atoms with Crippen LogP contribution in [-0.2, 0) is 9.59 Å². The van der Waals surface area contributed by atoms with Crippen molar-refractivity contribution in [3.05, 3.63) is 69.6 Å². The number of benzene rings is 2. The molecule has 0 saturated carbocycles. The molecule has 2 aromatic carbocycles. The first-order valence-corrected chi connectivity index (χ1v) is 9.72. The number of carbonyl (C=O) groups is 2. The van der Waals surface area contributed by atoms with Crippen molar-refractivity contribution in [2.24, 2.45) is 10.7 Å². The number of rotatable bonds is 4. The number of hydrogen-bond donors (Lipinski definition) is 1. The van der Waals surface area contributed by atoms with E-state index in [2.05, 4.69) is 4.99 Å².